The van der Waals surface area contributed by atoms with Crippen molar-refractivity contribution in [3.63, 3.8) is 0 Å². The number of nitrogens with one attached hydrogen (secondary N) is 1. The van der Waals surface area contributed by atoms with Crippen LogP contribution in [0.4, 0.5) is 0 Å². The average Bonchev–Trinajstić information content (AvgIpc) is 3.19. The van der Waals surface area contributed by atoms with Gasteiger partial charge in [0, 0.05) is 25.1 Å². The Hall–Kier alpha value is -2.56. The van der Waals surface area contributed by atoms with E-state index in [2.05, 4.69) is 5.32 Å². The Morgan fingerprint density at radius 2 is 1.88 bits per heavy atom. The van der Waals surface area contributed by atoms with Crippen LogP contribution in [0, 0.1) is 12.8 Å². The van der Waals surface area contributed by atoms with Gasteiger partial charge < -0.3 is 14.6 Å². The highest BCUT2D eigenvalue weighted by Gasteiger charge is 2.23. The van der Waals surface area contributed by atoms with Crippen LogP contribution in [0.15, 0.2) is 47.1 Å². The Morgan fingerprint density at radius 1 is 1.15 bits per heavy atom. The van der Waals surface area contributed by atoms with Gasteiger partial charge in [0.05, 0.1) is 12.8 Å². The Morgan fingerprint density at radius 3 is 2.54 bits per heavy atom. The van der Waals surface area contributed by atoms with Crippen LogP contribution in [-0.4, -0.2) is 29.8 Å². The number of amides is 2. The lowest BCUT2D eigenvalue weighted by molar-refractivity contribution is -0.121. The van der Waals surface area contributed by atoms with Crippen LogP contribution < -0.4 is 5.32 Å². The van der Waals surface area contributed by atoms with Gasteiger partial charge in [0.15, 0.2) is 0 Å². The predicted octanol–water partition coefficient (Wildman–Crippen LogP) is 3.54. The minimum absolute atomic E-state index is 0.0551. The number of piperidine rings is 1. The highest BCUT2D eigenvalue weighted by molar-refractivity contribution is 5.94. The molecule has 0 atom stereocenters. The monoisotopic (exact) mass is 354 g/mol. The second-order valence-corrected chi connectivity index (χ2v) is 7.00. The molecular weight excluding hydrogens is 328 g/mol. The summed E-state index contributed by atoms with van der Waals surface area (Å²) in [6.45, 7) is 4.00. The normalized spacial score (nSPS) is 15.0. The summed E-state index contributed by atoms with van der Waals surface area (Å²) in [5.74, 6) is 1.44. The maximum Gasteiger partial charge on any atom is 0.253 e. The largest absolute Gasteiger partial charge is 0.467 e. The van der Waals surface area contributed by atoms with E-state index in [9.17, 15) is 9.59 Å². The van der Waals surface area contributed by atoms with Gasteiger partial charge in [-0.25, -0.2) is 0 Å². The lowest BCUT2D eigenvalue weighted by Gasteiger charge is -2.32. The molecule has 26 heavy (non-hydrogen) atoms. The molecule has 1 N–H and O–H groups in total. The van der Waals surface area contributed by atoms with Crippen molar-refractivity contribution in [3.05, 3.63) is 59.5 Å². The van der Waals surface area contributed by atoms with Crippen LogP contribution in [0.1, 0.15) is 47.4 Å². The molecule has 138 valence electrons. The molecule has 0 bridgehead atoms. The molecule has 3 rings (SSSR count). The first kappa shape index (κ1) is 18.2. The molecule has 0 saturated carbocycles. The third-order valence-corrected chi connectivity index (χ3v) is 5.02. The number of nitrogens with zero attached hydrogens (tertiary/aromatic N) is 1. The first-order valence-corrected chi connectivity index (χ1v) is 9.27. The van der Waals surface area contributed by atoms with Crippen LogP contribution in [0.3, 0.4) is 0 Å². The molecule has 2 aromatic rings. The van der Waals surface area contributed by atoms with Crippen LogP contribution in [-0.2, 0) is 11.3 Å². The van der Waals surface area contributed by atoms with Crippen molar-refractivity contribution in [1.29, 1.82) is 0 Å². The van der Waals surface area contributed by atoms with Crippen LogP contribution in [0.25, 0.3) is 0 Å². The zero-order chi connectivity index (χ0) is 18.4. The van der Waals surface area contributed by atoms with E-state index in [-0.39, 0.29) is 11.8 Å². The van der Waals surface area contributed by atoms with Gasteiger partial charge in [-0.3, -0.25) is 9.59 Å². The quantitative estimate of drug-likeness (QED) is 0.863. The van der Waals surface area contributed by atoms with E-state index in [4.69, 9.17) is 4.42 Å². The van der Waals surface area contributed by atoms with E-state index in [1.165, 1.54) is 0 Å². The summed E-state index contributed by atoms with van der Waals surface area (Å²) in [6.07, 6.45) is 4.92. The van der Waals surface area contributed by atoms with Crippen molar-refractivity contribution in [3.8, 4) is 0 Å². The smallest absolute Gasteiger partial charge is 0.253 e. The van der Waals surface area contributed by atoms with Gasteiger partial charge >= 0.3 is 0 Å². The summed E-state index contributed by atoms with van der Waals surface area (Å²) in [4.78, 5) is 26.4. The number of carbonyl (C=O) groups is 2. The Bertz CT molecular complexity index is 714. The van der Waals surface area contributed by atoms with E-state index in [1.54, 1.807) is 6.26 Å². The molecule has 0 aliphatic carbocycles. The zero-order valence-electron chi connectivity index (χ0n) is 15.2. The maximum atomic E-state index is 12.5. The van der Waals surface area contributed by atoms with E-state index in [0.29, 0.717) is 18.9 Å². The third-order valence-electron chi connectivity index (χ3n) is 5.02. The number of hydrogen-bond acceptors (Lipinski definition) is 3. The molecule has 1 aromatic carbocycles. The summed E-state index contributed by atoms with van der Waals surface area (Å²) in [7, 11) is 0. The summed E-state index contributed by atoms with van der Waals surface area (Å²) >= 11 is 0. The van der Waals surface area contributed by atoms with E-state index < -0.39 is 0 Å². The lowest BCUT2D eigenvalue weighted by atomic mass is 9.91. The zero-order valence-corrected chi connectivity index (χ0v) is 15.2. The number of aryl methyl sites for hydroxylation is 1. The van der Waals surface area contributed by atoms with Crippen molar-refractivity contribution >= 4 is 11.8 Å². The molecule has 1 aliphatic heterocycles. The van der Waals surface area contributed by atoms with Gasteiger partial charge in [-0.2, -0.15) is 0 Å². The number of likely N-dealkylation sites (tertiary alicyclic amines) is 1. The SMILES string of the molecule is Cc1ccc(C(=O)N2CCC(CCC(=O)NCc3ccco3)CC2)cc1. The Labute approximate surface area is 154 Å². The second kappa shape index (κ2) is 8.70. The molecule has 0 spiro atoms. The molecule has 1 aliphatic rings. The fraction of sp³-hybridized carbons (Fsp3) is 0.429. The van der Waals surface area contributed by atoms with Gasteiger partial charge in [0.25, 0.3) is 5.91 Å². The van der Waals surface area contributed by atoms with Gasteiger partial charge in [-0.15, -0.1) is 0 Å². The molecule has 0 unspecified atom stereocenters. The molecule has 1 saturated heterocycles. The molecule has 5 heteroatoms. The van der Waals surface area contributed by atoms with E-state index in [0.717, 1.165) is 49.2 Å². The summed E-state index contributed by atoms with van der Waals surface area (Å²) in [5, 5.41) is 2.88. The van der Waals surface area contributed by atoms with E-state index >= 15 is 0 Å². The first-order valence-electron chi connectivity index (χ1n) is 9.27. The number of benzene rings is 1. The van der Waals surface area contributed by atoms with Crippen molar-refractivity contribution in [1.82, 2.24) is 10.2 Å². The average molecular weight is 354 g/mol. The van der Waals surface area contributed by atoms with Crippen LogP contribution in [0.2, 0.25) is 0 Å². The summed E-state index contributed by atoms with van der Waals surface area (Å²) in [5.41, 5.74) is 1.91. The maximum absolute atomic E-state index is 12.5. The highest BCUT2D eigenvalue weighted by atomic mass is 16.3. The third kappa shape index (κ3) is 4.97. The Balaban J connectivity index is 1.37. The van der Waals surface area contributed by atoms with Crippen molar-refractivity contribution < 1.29 is 14.0 Å². The molecule has 2 heterocycles. The topological polar surface area (TPSA) is 62.6 Å². The van der Waals surface area contributed by atoms with Crippen molar-refractivity contribution in [2.24, 2.45) is 5.92 Å². The molecular formula is C21H26N2O3. The van der Waals surface area contributed by atoms with Gasteiger partial charge in [-0.05, 0) is 56.4 Å². The standard InChI is InChI=1S/C21H26N2O3/c1-16-4-7-18(8-5-16)21(25)23-12-10-17(11-13-23)6-9-20(24)22-15-19-3-2-14-26-19/h2-5,7-8,14,17H,6,9-13,15H2,1H3,(H,22,24). The van der Waals surface area contributed by atoms with Crippen molar-refractivity contribution in [2.45, 2.75) is 39.2 Å². The van der Waals surface area contributed by atoms with Gasteiger partial charge in [0.2, 0.25) is 5.91 Å². The second-order valence-electron chi connectivity index (χ2n) is 7.00. The minimum Gasteiger partial charge on any atom is -0.467 e. The van der Waals surface area contributed by atoms with E-state index in [1.807, 2.05) is 48.2 Å². The lowest BCUT2D eigenvalue weighted by Crippen LogP contribution is -2.38. The number of furan rings is 1. The van der Waals surface area contributed by atoms with Gasteiger partial charge in [0.1, 0.15) is 5.76 Å². The first-order chi connectivity index (χ1) is 12.6. The Kier molecular flexibility index (Phi) is 6.10. The fourth-order valence-electron chi connectivity index (χ4n) is 3.33. The van der Waals surface area contributed by atoms with Gasteiger partial charge in [-0.1, -0.05) is 17.7 Å². The van der Waals surface area contributed by atoms with Crippen LogP contribution in [0.5, 0.6) is 0 Å². The van der Waals surface area contributed by atoms with Crippen molar-refractivity contribution in [2.75, 3.05) is 13.1 Å². The molecule has 0 radical (unpaired) electrons. The minimum atomic E-state index is 0.0551. The molecule has 1 aromatic heterocycles. The number of hydrogen-bond donors (Lipinski definition) is 1. The summed E-state index contributed by atoms with van der Waals surface area (Å²) < 4.78 is 5.20. The van der Waals surface area contributed by atoms with Crippen LogP contribution >= 0.6 is 0 Å². The highest BCUT2D eigenvalue weighted by Crippen LogP contribution is 2.23. The predicted molar refractivity (Wildman–Crippen MR) is 99.6 cm³/mol. The molecule has 2 amide bonds. The number of carbonyl (C=O) groups excluding carboxylic acids is 2. The molecule has 1 fully saturated rings. The summed E-state index contributed by atoms with van der Waals surface area (Å²) in [6, 6.07) is 11.4. The fourth-order valence-corrected chi connectivity index (χ4v) is 3.33. The number of rotatable bonds is 6. The molecule has 5 nitrogen and oxygen atoms in total.